The van der Waals surface area contributed by atoms with Gasteiger partial charge in [-0.1, -0.05) is 54.1 Å². The summed E-state index contributed by atoms with van der Waals surface area (Å²) in [5, 5.41) is 0. The molecule has 1 aliphatic carbocycles. The lowest BCUT2D eigenvalue weighted by atomic mass is 9.77. The number of hydrogen-bond donors (Lipinski definition) is 0. The smallest absolute Gasteiger partial charge is 0.125 e. The Morgan fingerprint density at radius 1 is 0.588 bits per heavy atom. The van der Waals surface area contributed by atoms with Crippen LogP contribution in [0.2, 0.25) is 0 Å². The van der Waals surface area contributed by atoms with Crippen molar-refractivity contribution < 1.29 is 4.74 Å². The van der Waals surface area contributed by atoms with Gasteiger partial charge in [-0.3, -0.25) is 0 Å². The van der Waals surface area contributed by atoms with Gasteiger partial charge < -0.3 is 4.74 Å². The Labute approximate surface area is 207 Å². The Kier molecular flexibility index (Phi) is 7.81. The molecule has 1 heteroatoms. The number of ether oxygens (including phenoxy) is 1. The van der Waals surface area contributed by atoms with Crippen LogP contribution in [-0.2, 0) is 19.4 Å². The highest BCUT2D eigenvalue weighted by molar-refractivity contribution is 5.43. The molecule has 0 unspecified atom stereocenters. The molecule has 0 aliphatic heterocycles. The largest absolute Gasteiger partial charge is 0.488 e. The first-order chi connectivity index (χ1) is 16.3. The van der Waals surface area contributed by atoms with Crippen LogP contribution in [0.1, 0.15) is 75.8 Å². The minimum absolute atomic E-state index is 0.633. The highest BCUT2D eigenvalue weighted by atomic mass is 16.5. The Hall–Kier alpha value is -2.54. The zero-order valence-electron chi connectivity index (χ0n) is 22.1. The molecule has 34 heavy (non-hydrogen) atoms. The average molecular weight is 455 g/mol. The topological polar surface area (TPSA) is 9.23 Å². The third-order valence-corrected chi connectivity index (χ3v) is 8.01. The van der Waals surface area contributed by atoms with E-state index in [1.807, 2.05) is 0 Å². The lowest BCUT2D eigenvalue weighted by molar-refractivity contribution is 0.272. The van der Waals surface area contributed by atoms with Crippen LogP contribution < -0.4 is 4.74 Å². The monoisotopic (exact) mass is 454 g/mol. The molecule has 3 aromatic rings. The Balaban J connectivity index is 1.25. The molecule has 4 rings (SSSR count). The molecule has 0 spiro atoms. The second-order valence-corrected chi connectivity index (χ2v) is 11.0. The molecule has 1 saturated carbocycles. The number of hydrogen-bond acceptors (Lipinski definition) is 1. The van der Waals surface area contributed by atoms with Gasteiger partial charge in [0.05, 0.1) is 0 Å². The minimum atomic E-state index is 0.633. The van der Waals surface area contributed by atoms with Crippen LogP contribution >= 0.6 is 0 Å². The van der Waals surface area contributed by atoms with Gasteiger partial charge in [0, 0.05) is 0 Å². The maximum atomic E-state index is 6.18. The van der Waals surface area contributed by atoms with Gasteiger partial charge in [0.2, 0.25) is 0 Å². The van der Waals surface area contributed by atoms with Crippen molar-refractivity contribution >= 4 is 0 Å². The molecule has 0 radical (unpaired) electrons. The second-order valence-electron chi connectivity index (χ2n) is 11.0. The van der Waals surface area contributed by atoms with Gasteiger partial charge in [0.25, 0.3) is 0 Å². The minimum Gasteiger partial charge on any atom is -0.488 e. The lowest BCUT2D eigenvalue weighted by Gasteiger charge is -2.29. The SMILES string of the molecule is Cc1cc(C)c(OCc2ccc(CC3CCC(Cc4cc(C)c(C)c(C)c4)CC3)cc2)c(C)c1. The first kappa shape index (κ1) is 24.6. The molecule has 0 amide bonds. The van der Waals surface area contributed by atoms with Gasteiger partial charge in [-0.15, -0.1) is 0 Å². The molecule has 180 valence electrons. The van der Waals surface area contributed by atoms with E-state index in [0.29, 0.717) is 6.61 Å². The van der Waals surface area contributed by atoms with Crippen molar-refractivity contribution in [3.05, 3.63) is 98.6 Å². The summed E-state index contributed by atoms with van der Waals surface area (Å²) in [6.45, 7) is 13.8. The third kappa shape index (κ3) is 6.12. The second kappa shape index (κ2) is 10.8. The van der Waals surface area contributed by atoms with Gasteiger partial charge in [0.1, 0.15) is 12.4 Å². The number of aryl methyl sites for hydroxylation is 5. The first-order valence-corrected chi connectivity index (χ1v) is 13.1. The molecule has 1 fully saturated rings. The van der Waals surface area contributed by atoms with E-state index in [1.165, 1.54) is 88.6 Å². The van der Waals surface area contributed by atoms with Gasteiger partial charge in [-0.2, -0.15) is 0 Å². The van der Waals surface area contributed by atoms with E-state index in [-0.39, 0.29) is 0 Å². The van der Waals surface area contributed by atoms with E-state index in [1.54, 1.807) is 0 Å². The molecule has 0 bridgehead atoms. The van der Waals surface area contributed by atoms with E-state index in [0.717, 1.165) is 17.6 Å². The van der Waals surface area contributed by atoms with Gasteiger partial charge >= 0.3 is 0 Å². The normalized spacial score (nSPS) is 18.2. The standard InChI is InChI=1S/C33H42O/c1-22-15-25(4)33(26(5)16-22)34-21-31-13-11-29(12-14-31)19-28-7-9-30(10-8-28)20-32-17-23(2)27(6)24(3)18-32/h11-18,28,30H,7-10,19-21H2,1-6H3. The molecule has 0 N–H and O–H groups in total. The summed E-state index contributed by atoms with van der Waals surface area (Å²) >= 11 is 0. The Morgan fingerprint density at radius 3 is 1.59 bits per heavy atom. The van der Waals surface area contributed by atoms with Gasteiger partial charge in [-0.25, -0.2) is 0 Å². The number of rotatable bonds is 7. The van der Waals surface area contributed by atoms with Crippen LogP contribution in [0, 0.1) is 53.4 Å². The van der Waals surface area contributed by atoms with Gasteiger partial charge in [0.15, 0.2) is 0 Å². The van der Waals surface area contributed by atoms with Crippen LogP contribution in [0.15, 0.2) is 48.5 Å². The molecule has 3 aromatic carbocycles. The van der Waals surface area contributed by atoms with E-state index in [2.05, 4.69) is 90.1 Å². The van der Waals surface area contributed by atoms with Crippen molar-refractivity contribution in [2.75, 3.05) is 0 Å². The first-order valence-electron chi connectivity index (χ1n) is 13.1. The van der Waals surface area contributed by atoms with E-state index in [4.69, 9.17) is 4.74 Å². The predicted octanol–water partition coefficient (Wildman–Crippen LogP) is 8.71. The number of benzene rings is 3. The van der Waals surface area contributed by atoms with Crippen molar-refractivity contribution in [1.29, 1.82) is 0 Å². The molecule has 0 aromatic heterocycles. The molecular formula is C33H42O. The van der Waals surface area contributed by atoms with Crippen molar-refractivity contribution in [1.82, 2.24) is 0 Å². The molecule has 1 aliphatic rings. The van der Waals surface area contributed by atoms with Crippen LogP contribution in [0.3, 0.4) is 0 Å². The zero-order valence-corrected chi connectivity index (χ0v) is 22.1. The predicted molar refractivity (Wildman–Crippen MR) is 145 cm³/mol. The summed E-state index contributed by atoms with van der Waals surface area (Å²) in [6.07, 6.45) is 7.95. The van der Waals surface area contributed by atoms with Crippen molar-refractivity contribution in [2.24, 2.45) is 11.8 Å². The summed E-state index contributed by atoms with van der Waals surface area (Å²) in [7, 11) is 0. The molecular weight excluding hydrogens is 412 g/mol. The quantitative estimate of drug-likeness (QED) is 0.347. The maximum Gasteiger partial charge on any atom is 0.125 e. The van der Waals surface area contributed by atoms with Crippen LogP contribution in [0.5, 0.6) is 5.75 Å². The van der Waals surface area contributed by atoms with E-state index < -0.39 is 0 Å². The third-order valence-electron chi connectivity index (χ3n) is 8.01. The van der Waals surface area contributed by atoms with Crippen molar-refractivity contribution in [2.45, 2.75) is 86.7 Å². The Bertz CT molecular complexity index is 1070. The average Bonchev–Trinajstić information content (AvgIpc) is 2.79. The van der Waals surface area contributed by atoms with Crippen molar-refractivity contribution in [3.8, 4) is 5.75 Å². The molecule has 1 nitrogen and oxygen atoms in total. The van der Waals surface area contributed by atoms with Gasteiger partial charge in [-0.05, 0) is 136 Å². The fraction of sp³-hybridized carbons (Fsp3) is 0.455. The zero-order chi connectivity index (χ0) is 24.2. The van der Waals surface area contributed by atoms with Crippen LogP contribution in [0.25, 0.3) is 0 Å². The summed E-state index contributed by atoms with van der Waals surface area (Å²) in [5.74, 6) is 2.71. The summed E-state index contributed by atoms with van der Waals surface area (Å²) in [5.41, 5.74) is 12.3. The fourth-order valence-corrected chi connectivity index (χ4v) is 5.87. The Morgan fingerprint density at radius 2 is 1.06 bits per heavy atom. The summed E-state index contributed by atoms with van der Waals surface area (Å²) in [6, 6.07) is 18.4. The highest BCUT2D eigenvalue weighted by Crippen LogP contribution is 2.34. The molecule has 0 atom stereocenters. The van der Waals surface area contributed by atoms with Crippen LogP contribution in [-0.4, -0.2) is 0 Å². The van der Waals surface area contributed by atoms with Crippen molar-refractivity contribution in [3.63, 3.8) is 0 Å². The fourth-order valence-electron chi connectivity index (χ4n) is 5.87. The lowest BCUT2D eigenvalue weighted by Crippen LogP contribution is -2.18. The maximum absolute atomic E-state index is 6.18. The van der Waals surface area contributed by atoms with Crippen LogP contribution in [0.4, 0.5) is 0 Å². The summed E-state index contributed by atoms with van der Waals surface area (Å²) in [4.78, 5) is 0. The molecule has 0 saturated heterocycles. The van der Waals surface area contributed by atoms with E-state index in [9.17, 15) is 0 Å². The van der Waals surface area contributed by atoms with E-state index >= 15 is 0 Å². The summed E-state index contributed by atoms with van der Waals surface area (Å²) < 4.78 is 6.18. The molecule has 0 heterocycles. The highest BCUT2D eigenvalue weighted by Gasteiger charge is 2.22.